The highest BCUT2D eigenvalue weighted by Crippen LogP contribution is 2.38. The third-order valence-corrected chi connectivity index (χ3v) is 7.61. The summed E-state index contributed by atoms with van der Waals surface area (Å²) in [4.78, 5) is 0. The molecule has 6 nitrogen and oxygen atoms in total. The van der Waals surface area contributed by atoms with Crippen molar-refractivity contribution in [1.29, 1.82) is 0 Å². The summed E-state index contributed by atoms with van der Waals surface area (Å²) in [5, 5.41) is 22.6. The van der Waals surface area contributed by atoms with Gasteiger partial charge in [0.15, 0.2) is 0 Å². The van der Waals surface area contributed by atoms with Gasteiger partial charge in [0.25, 0.3) is 0 Å². The number of aromatic hydroxyl groups is 2. The monoisotopic (exact) mass is 538 g/mol. The van der Waals surface area contributed by atoms with Gasteiger partial charge in [-0.05, 0) is 44.5 Å². The second-order valence-corrected chi connectivity index (χ2v) is 10.3. The Hall–Kier alpha value is -4.00. The van der Waals surface area contributed by atoms with E-state index in [9.17, 15) is 10.2 Å². The maximum absolute atomic E-state index is 11.3. The van der Waals surface area contributed by atoms with E-state index in [0.29, 0.717) is 65.3 Å². The van der Waals surface area contributed by atoms with E-state index >= 15 is 0 Å². The average Bonchev–Trinajstić information content (AvgIpc) is 2.96. The third kappa shape index (κ3) is 5.64. The zero-order valence-corrected chi connectivity index (χ0v) is 22.5. The number of hydrogen-bond acceptors (Lipinski definition) is 6. The number of fused-ring (bicyclic) bond motifs is 4. The lowest BCUT2D eigenvalue weighted by molar-refractivity contribution is 0.0273. The lowest BCUT2D eigenvalue weighted by atomic mass is 9.91. The Morgan fingerprint density at radius 1 is 0.375 bits per heavy atom. The van der Waals surface area contributed by atoms with Crippen LogP contribution in [-0.4, -0.2) is 49.9 Å². The molecule has 0 amide bonds. The molecule has 1 heterocycles. The van der Waals surface area contributed by atoms with Crippen LogP contribution >= 0.6 is 0 Å². The summed E-state index contributed by atoms with van der Waals surface area (Å²) in [7, 11) is 0. The van der Waals surface area contributed by atoms with Crippen molar-refractivity contribution in [3.8, 4) is 23.0 Å². The Bertz CT molecular complexity index is 1380. The molecule has 1 aliphatic carbocycles. The van der Waals surface area contributed by atoms with Gasteiger partial charge in [-0.1, -0.05) is 72.8 Å². The second kappa shape index (κ2) is 12.0. The molecule has 6 rings (SSSR count). The summed E-state index contributed by atoms with van der Waals surface area (Å²) >= 11 is 0. The zero-order valence-electron chi connectivity index (χ0n) is 22.5. The van der Waals surface area contributed by atoms with Crippen LogP contribution in [0, 0.1) is 0 Å². The molecule has 10 bridgehead atoms. The van der Waals surface area contributed by atoms with E-state index in [2.05, 4.69) is 24.3 Å². The van der Waals surface area contributed by atoms with Crippen LogP contribution in [0.5, 0.6) is 23.0 Å². The third-order valence-electron chi connectivity index (χ3n) is 7.61. The highest BCUT2D eigenvalue weighted by molar-refractivity contribution is 5.55. The molecule has 0 aromatic heterocycles. The van der Waals surface area contributed by atoms with Crippen molar-refractivity contribution in [1.82, 2.24) is 0 Å². The van der Waals surface area contributed by atoms with Gasteiger partial charge >= 0.3 is 0 Å². The van der Waals surface area contributed by atoms with Crippen LogP contribution in [0.2, 0.25) is 0 Å². The van der Waals surface area contributed by atoms with Crippen molar-refractivity contribution < 1.29 is 29.2 Å². The largest absolute Gasteiger partial charge is 0.507 e. The smallest absolute Gasteiger partial charge is 0.126 e. The predicted molar refractivity (Wildman–Crippen MR) is 153 cm³/mol. The van der Waals surface area contributed by atoms with E-state index in [1.165, 1.54) is 0 Å². The predicted octanol–water partition coefficient (Wildman–Crippen LogP) is 5.58. The van der Waals surface area contributed by atoms with E-state index < -0.39 is 0 Å². The minimum Gasteiger partial charge on any atom is -0.507 e. The molecular formula is C34H34O6. The quantitative estimate of drug-likeness (QED) is 0.268. The first-order valence-corrected chi connectivity index (χ1v) is 13.9. The Labute approximate surface area is 234 Å². The van der Waals surface area contributed by atoms with Crippen LogP contribution in [0.25, 0.3) is 0 Å². The maximum atomic E-state index is 11.3. The Morgan fingerprint density at radius 2 is 0.650 bits per heavy atom. The number of para-hydroxylation sites is 4. The number of hydrogen-bond donors (Lipinski definition) is 2. The average molecular weight is 539 g/mol. The Balaban J connectivity index is 1.53. The van der Waals surface area contributed by atoms with Crippen molar-refractivity contribution >= 4 is 0 Å². The minimum absolute atomic E-state index is 0.249. The lowest BCUT2D eigenvalue weighted by Crippen LogP contribution is -2.14. The van der Waals surface area contributed by atoms with Gasteiger partial charge < -0.3 is 29.2 Å². The van der Waals surface area contributed by atoms with E-state index in [0.717, 1.165) is 56.0 Å². The molecule has 40 heavy (non-hydrogen) atoms. The molecule has 0 saturated heterocycles. The van der Waals surface area contributed by atoms with Gasteiger partial charge in [0.05, 0.1) is 26.4 Å². The van der Waals surface area contributed by atoms with Gasteiger partial charge in [0, 0.05) is 25.7 Å². The molecule has 1 aliphatic heterocycles. The van der Waals surface area contributed by atoms with Crippen LogP contribution in [-0.2, 0) is 35.2 Å². The molecule has 4 aromatic carbocycles. The first-order valence-electron chi connectivity index (χ1n) is 13.9. The van der Waals surface area contributed by atoms with E-state index in [1.807, 2.05) is 48.5 Å². The van der Waals surface area contributed by atoms with Crippen molar-refractivity contribution in [2.45, 2.75) is 25.7 Å². The van der Waals surface area contributed by atoms with Crippen molar-refractivity contribution in [2.24, 2.45) is 0 Å². The van der Waals surface area contributed by atoms with Crippen molar-refractivity contribution in [3.63, 3.8) is 0 Å². The number of phenolic OH excluding ortho intramolecular Hbond substituents is 2. The van der Waals surface area contributed by atoms with Crippen LogP contribution in [0.3, 0.4) is 0 Å². The topological polar surface area (TPSA) is 77.4 Å². The van der Waals surface area contributed by atoms with Crippen LogP contribution < -0.4 is 9.47 Å². The van der Waals surface area contributed by atoms with Gasteiger partial charge in [-0.25, -0.2) is 0 Å². The highest BCUT2D eigenvalue weighted by atomic mass is 16.6. The molecule has 206 valence electrons. The van der Waals surface area contributed by atoms with Gasteiger partial charge in [0.2, 0.25) is 0 Å². The standard InChI is InChI=1S/C34H34O6/c35-31-23-5-1-7-25(31)20-27-9-3-11-29-22-30-12-4-10-28(21-26-8-2-6-24(19-23)32(26)36)34(30)40-18-16-38-14-13-37-15-17-39-33(27)29/h1-12,35-36H,13-22H2. The SMILES string of the molecule is Oc1c2cccc1Cc1cccc3c1OCCOCCOCCOc1c(cccc1C3)Cc1cccc(c1O)C2. The molecule has 0 fully saturated rings. The fraction of sp³-hybridized carbons (Fsp3) is 0.294. The summed E-state index contributed by atoms with van der Waals surface area (Å²) < 4.78 is 24.3. The summed E-state index contributed by atoms with van der Waals surface area (Å²) in [6, 6.07) is 24.0. The van der Waals surface area contributed by atoms with Crippen LogP contribution in [0.15, 0.2) is 72.8 Å². The molecular weight excluding hydrogens is 504 g/mol. The molecule has 4 aromatic rings. The van der Waals surface area contributed by atoms with Crippen molar-refractivity contribution in [3.05, 3.63) is 117 Å². The lowest BCUT2D eigenvalue weighted by Gasteiger charge is -2.20. The minimum atomic E-state index is 0.249. The van der Waals surface area contributed by atoms with Gasteiger partial charge in [-0.3, -0.25) is 0 Å². The zero-order chi connectivity index (χ0) is 27.3. The second-order valence-electron chi connectivity index (χ2n) is 10.3. The van der Waals surface area contributed by atoms with Crippen LogP contribution in [0.1, 0.15) is 44.5 Å². The summed E-state index contributed by atoms with van der Waals surface area (Å²) in [6.45, 7) is 2.69. The van der Waals surface area contributed by atoms with Gasteiger partial charge in [0.1, 0.15) is 36.2 Å². The van der Waals surface area contributed by atoms with Crippen LogP contribution in [0.4, 0.5) is 0 Å². The molecule has 0 unspecified atom stereocenters. The highest BCUT2D eigenvalue weighted by Gasteiger charge is 2.20. The number of benzene rings is 4. The maximum Gasteiger partial charge on any atom is 0.126 e. The fourth-order valence-corrected chi connectivity index (χ4v) is 5.61. The molecule has 2 aliphatic rings. The fourth-order valence-electron chi connectivity index (χ4n) is 5.61. The molecule has 0 atom stereocenters. The number of rotatable bonds is 0. The first-order chi connectivity index (χ1) is 19.7. The summed E-state index contributed by atoms with van der Waals surface area (Å²) in [5.41, 5.74) is 7.24. The Morgan fingerprint density at radius 3 is 1.02 bits per heavy atom. The van der Waals surface area contributed by atoms with E-state index in [-0.39, 0.29) is 11.5 Å². The van der Waals surface area contributed by atoms with E-state index in [4.69, 9.17) is 18.9 Å². The van der Waals surface area contributed by atoms with Gasteiger partial charge in [-0.2, -0.15) is 0 Å². The number of ether oxygens (including phenoxy) is 4. The molecule has 0 radical (unpaired) electrons. The van der Waals surface area contributed by atoms with E-state index in [1.54, 1.807) is 0 Å². The Kier molecular flexibility index (Phi) is 7.89. The molecule has 6 heteroatoms. The molecule has 0 saturated carbocycles. The number of phenols is 2. The normalized spacial score (nSPS) is 15.9. The van der Waals surface area contributed by atoms with Gasteiger partial charge in [-0.15, -0.1) is 0 Å². The summed E-state index contributed by atoms with van der Waals surface area (Å²) in [5.74, 6) is 2.12. The first kappa shape index (κ1) is 26.2. The van der Waals surface area contributed by atoms with Crippen molar-refractivity contribution in [2.75, 3.05) is 39.6 Å². The summed E-state index contributed by atoms with van der Waals surface area (Å²) in [6.07, 6.45) is 2.03. The molecule has 0 spiro atoms. The molecule has 2 N–H and O–H groups in total.